The van der Waals surface area contributed by atoms with Crippen molar-refractivity contribution >= 4 is 52.5 Å². The van der Waals surface area contributed by atoms with E-state index in [4.69, 9.17) is 23.2 Å². The maximum atomic E-state index is 11.8. The van der Waals surface area contributed by atoms with Gasteiger partial charge in [-0.15, -0.1) is 23.5 Å². The lowest BCUT2D eigenvalue weighted by Crippen LogP contribution is -2.05. The van der Waals surface area contributed by atoms with E-state index in [2.05, 4.69) is 0 Å². The zero-order chi connectivity index (χ0) is 15.8. The molecule has 0 amide bonds. The van der Waals surface area contributed by atoms with Crippen LogP contribution in [0.3, 0.4) is 0 Å². The molecule has 0 fully saturated rings. The smallest absolute Gasteiger partial charge is 0.152 e. The molecule has 116 valence electrons. The minimum Gasteiger partial charge on any atom is -0.298 e. The number of carbonyl (C=O) groups excluding carboxylic acids is 1. The Kier molecular flexibility index (Phi) is 7.67. The van der Waals surface area contributed by atoms with Crippen LogP contribution in [0.25, 0.3) is 0 Å². The highest BCUT2D eigenvalue weighted by molar-refractivity contribution is 8.00. The Hall–Kier alpha value is -0.610. The molecular formula is C17H16Cl2OS2. The Bertz CT molecular complexity index is 544. The molecule has 0 saturated carbocycles. The number of halogens is 2. The summed E-state index contributed by atoms with van der Waals surface area (Å²) in [5, 5.41) is 1.48. The van der Waals surface area contributed by atoms with Gasteiger partial charge in [0.1, 0.15) is 0 Å². The summed E-state index contributed by atoms with van der Waals surface area (Å²) < 4.78 is 0. The van der Waals surface area contributed by atoms with Gasteiger partial charge in [0.05, 0.1) is 11.5 Å². The average molecular weight is 371 g/mol. The van der Waals surface area contributed by atoms with E-state index in [0.717, 1.165) is 21.6 Å². The minimum atomic E-state index is 0.276. The van der Waals surface area contributed by atoms with Crippen LogP contribution < -0.4 is 0 Å². The van der Waals surface area contributed by atoms with Gasteiger partial charge in [0.15, 0.2) is 5.78 Å². The second-order valence-corrected chi connectivity index (χ2v) is 7.62. The molecule has 0 aliphatic carbocycles. The van der Waals surface area contributed by atoms with E-state index in [1.807, 2.05) is 48.5 Å². The number of hydrogen-bond acceptors (Lipinski definition) is 3. The van der Waals surface area contributed by atoms with Crippen molar-refractivity contribution in [3.63, 3.8) is 0 Å². The number of rotatable bonds is 8. The van der Waals surface area contributed by atoms with Crippen LogP contribution in [0.1, 0.15) is 11.1 Å². The molecule has 0 atom stereocenters. The SMILES string of the molecule is O=C(CSCc1ccc(Cl)cc1)CSCc1ccc(Cl)cc1. The van der Waals surface area contributed by atoms with Crippen molar-refractivity contribution in [2.24, 2.45) is 0 Å². The maximum Gasteiger partial charge on any atom is 0.152 e. The van der Waals surface area contributed by atoms with Gasteiger partial charge in [-0.1, -0.05) is 47.5 Å². The summed E-state index contributed by atoms with van der Waals surface area (Å²) in [5.41, 5.74) is 2.38. The average Bonchev–Trinajstić information content (AvgIpc) is 2.51. The van der Waals surface area contributed by atoms with Crippen molar-refractivity contribution < 1.29 is 4.79 Å². The molecule has 1 nitrogen and oxygen atoms in total. The summed E-state index contributed by atoms with van der Waals surface area (Å²) in [6, 6.07) is 15.5. The number of hydrogen-bond donors (Lipinski definition) is 0. The number of ketones is 1. The highest BCUT2D eigenvalue weighted by Gasteiger charge is 2.04. The lowest BCUT2D eigenvalue weighted by molar-refractivity contribution is -0.114. The summed E-state index contributed by atoms with van der Waals surface area (Å²) in [7, 11) is 0. The molecule has 0 saturated heterocycles. The molecule has 0 aliphatic heterocycles. The Morgan fingerprint density at radius 2 is 1.09 bits per heavy atom. The number of Topliss-reactive ketones (excluding diaryl/α,β-unsaturated/α-hetero) is 1. The van der Waals surface area contributed by atoms with Gasteiger partial charge in [-0.2, -0.15) is 0 Å². The molecule has 0 heterocycles. The molecule has 0 radical (unpaired) electrons. The van der Waals surface area contributed by atoms with Crippen LogP contribution in [0, 0.1) is 0 Å². The lowest BCUT2D eigenvalue weighted by atomic mass is 10.2. The topological polar surface area (TPSA) is 17.1 Å². The maximum absolute atomic E-state index is 11.8. The highest BCUT2D eigenvalue weighted by atomic mass is 35.5. The van der Waals surface area contributed by atoms with Crippen LogP contribution >= 0.6 is 46.7 Å². The van der Waals surface area contributed by atoms with Crippen molar-refractivity contribution in [3.05, 3.63) is 69.7 Å². The second kappa shape index (κ2) is 9.51. The quantitative estimate of drug-likeness (QED) is 0.590. The second-order valence-electron chi connectivity index (χ2n) is 4.78. The van der Waals surface area contributed by atoms with E-state index >= 15 is 0 Å². The Labute approximate surface area is 149 Å². The van der Waals surface area contributed by atoms with Gasteiger partial charge in [0.25, 0.3) is 0 Å². The predicted molar refractivity (Wildman–Crippen MR) is 100 cm³/mol. The van der Waals surface area contributed by atoms with E-state index in [1.165, 1.54) is 11.1 Å². The van der Waals surface area contributed by atoms with Crippen LogP contribution in [0.5, 0.6) is 0 Å². The lowest BCUT2D eigenvalue weighted by Gasteiger charge is -2.03. The summed E-state index contributed by atoms with van der Waals surface area (Å²) in [6.45, 7) is 0. The molecule has 0 bridgehead atoms. The number of benzene rings is 2. The summed E-state index contributed by atoms with van der Waals surface area (Å²) in [5.74, 6) is 3.06. The normalized spacial score (nSPS) is 10.6. The molecule has 0 aromatic heterocycles. The molecule has 0 aliphatic rings. The third-order valence-corrected chi connectivity index (χ3v) is 5.52. The van der Waals surface area contributed by atoms with Crippen molar-refractivity contribution in [1.82, 2.24) is 0 Å². The summed E-state index contributed by atoms with van der Waals surface area (Å²) in [4.78, 5) is 11.8. The standard InChI is InChI=1S/C17H16Cl2OS2/c18-15-5-1-13(2-6-15)9-21-11-17(20)12-22-10-14-3-7-16(19)8-4-14/h1-8H,9-12H2. The van der Waals surface area contributed by atoms with Crippen LogP contribution in [-0.2, 0) is 16.3 Å². The van der Waals surface area contributed by atoms with E-state index in [1.54, 1.807) is 23.5 Å². The molecule has 0 N–H and O–H groups in total. The Morgan fingerprint density at radius 1 is 0.727 bits per heavy atom. The van der Waals surface area contributed by atoms with Gasteiger partial charge < -0.3 is 0 Å². The zero-order valence-electron chi connectivity index (χ0n) is 11.9. The van der Waals surface area contributed by atoms with Gasteiger partial charge >= 0.3 is 0 Å². The largest absolute Gasteiger partial charge is 0.298 e. The van der Waals surface area contributed by atoms with Gasteiger partial charge in [0, 0.05) is 21.6 Å². The molecule has 2 aromatic carbocycles. The molecular weight excluding hydrogens is 355 g/mol. The summed E-state index contributed by atoms with van der Waals surface area (Å²) >= 11 is 15.0. The molecule has 5 heteroatoms. The van der Waals surface area contributed by atoms with Crippen LogP contribution in [0.2, 0.25) is 10.0 Å². The first-order valence-electron chi connectivity index (χ1n) is 6.79. The molecule has 0 unspecified atom stereocenters. The van der Waals surface area contributed by atoms with Crippen LogP contribution in [-0.4, -0.2) is 17.3 Å². The van der Waals surface area contributed by atoms with Gasteiger partial charge in [-0.25, -0.2) is 0 Å². The van der Waals surface area contributed by atoms with Crippen LogP contribution in [0.15, 0.2) is 48.5 Å². The first kappa shape index (κ1) is 17.7. The van der Waals surface area contributed by atoms with E-state index in [-0.39, 0.29) is 5.78 Å². The van der Waals surface area contributed by atoms with Crippen molar-refractivity contribution in [2.75, 3.05) is 11.5 Å². The molecule has 0 spiro atoms. The monoisotopic (exact) mass is 370 g/mol. The van der Waals surface area contributed by atoms with Gasteiger partial charge in [-0.05, 0) is 35.4 Å². The predicted octanol–water partition coefficient (Wildman–Crippen LogP) is 5.73. The number of thioether (sulfide) groups is 2. The third kappa shape index (κ3) is 6.66. The molecule has 2 rings (SSSR count). The molecule has 2 aromatic rings. The highest BCUT2D eigenvalue weighted by Crippen LogP contribution is 2.18. The number of carbonyl (C=O) groups is 1. The van der Waals surface area contributed by atoms with E-state index in [0.29, 0.717) is 11.5 Å². The van der Waals surface area contributed by atoms with Gasteiger partial charge in [0.2, 0.25) is 0 Å². The third-order valence-electron chi connectivity index (χ3n) is 2.89. The first-order valence-corrected chi connectivity index (χ1v) is 9.86. The Balaban J connectivity index is 1.61. The first-order chi connectivity index (χ1) is 10.6. The molecule has 22 heavy (non-hydrogen) atoms. The van der Waals surface area contributed by atoms with Crippen LogP contribution in [0.4, 0.5) is 0 Å². The fourth-order valence-electron chi connectivity index (χ4n) is 1.77. The Morgan fingerprint density at radius 3 is 1.45 bits per heavy atom. The van der Waals surface area contributed by atoms with E-state index in [9.17, 15) is 4.79 Å². The fourth-order valence-corrected chi connectivity index (χ4v) is 3.87. The van der Waals surface area contributed by atoms with Crippen molar-refractivity contribution in [1.29, 1.82) is 0 Å². The zero-order valence-corrected chi connectivity index (χ0v) is 15.1. The van der Waals surface area contributed by atoms with Crippen molar-refractivity contribution in [3.8, 4) is 0 Å². The van der Waals surface area contributed by atoms with E-state index < -0.39 is 0 Å². The minimum absolute atomic E-state index is 0.276. The summed E-state index contributed by atoms with van der Waals surface area (Å²) in [6.07, 6.45) is 0. The van der Waals surface area contributed by atoms with Gasteiger partial charge in [-0.3, -0.25) is 4.79 Å². The fraction of sp³-hybridized carbons (Fsp3) is 0.235. The van der Waals surface area contributed by atoms with Crippen molar-refractivity contribution in [2.45, 2.75) is 11.5 Å².